The van der Waals surface area contributed by atoms with Gasteiger partial charge in [0.1, 0.15) is 17.6 Å². The van der Waals surface area contributed by atoms with Crippen molar-refractivity contribution in [2.24, 2.45) is 0 Å². The van der Waals surface area contributed by atoms with Crippen molar-refractivity contribution in [2.75, 3.05) is 44.2 Å². The smallest absolute Gasteiger partial charge is 0.174 e. The van der Waals surface area contributed by atoms with Crippen molar-refractivity contribution in [3.8, 4) is 34.9 Å². The number of piperazine rings is 1. The number of phenols is 1. The second kappa shape index (κ2) is 7.77. The summed E-state index contributed by atoms with van der Waals surface area (Å²) in [5, 5.41) is 35.0. The molecule has 26 heavy (non-hydrogen) atoms. The molecule has 2 aromatic rings. The van der Waals surface area contributed by atoms with E-state index in [1.54, 1.807) is 6.20 Å². The van der Waals surface area contributed by atoms with Crippen LogP contribution in [0.1, 0.15) is 5.56 Å². The molecule has 1 fully saturated rings. The highest BCUT2D eigenvalue weighted by molar-refractivity contribution is 5.80. The number of nitrogens with one attached hydrogen (secondary N) is 1. The number of rotatable bonds is 5. The number of hydrogen-bond donors (Lipinski definition) is 2. The van der Waals surface area contributed by atoms with Gasteiger partial charge >= 0.3 is 0 Å². The molecule has 0 bridgehead atoms. The highest BCUT2D eigenvalue weighted by Gasteiger charge is 2.22. The molecule has 0 amide bonds. The summed E-state index contributed by atoms with van der Waals surface area (Å²) in [6.45, 7) is 5.44. The normalized spacial score (nSPS) is 14.7. The van der Waals surface area contributed by atoms with E-state index in [0.29, 0.717) is 17.9 Å². The molecule has 2 heterocycles. The third-order valence-electron chi connectivity index (χ3n) is 4.48. The van der Waals surface area contributed by atoms with Crippen molar-refractivity contribution in [3.63, 3.8) is 0 Å². The van der Waals surface area contributed by atoms with E-state index in [-0.39, 0.29) is 12.4 Å². The number of aryl methyl sites for hydroxylation is 1. The van der Waals surface area contributed by atoms with Crippen LogP contribution < -0.4 is 9.64 Å². The standard InChI is InChI=1S/C18H20N6O2/c1-13-10-14(16(25)11-17(13)26-9-3-20)18-15(12-21-22-18)24-7-5-23(4-2-19)6-8-24/h10-12,25H,4-9H2,1H3,(H,21,22). The maximum atomic E-state index is 10.4. The summed E-state index contributed by atoms with van der Waals surface area (Å²) in [7, 11) is 0. The average Bonchev–Trinajstić information content (AvgIpc) is 3.12. The zero-order valence-corrected chi connectivity index (χ0v) is 14.6. The summed E-state index contributed by atoms with van der Waals surface area (Å²) in [5.41, 5.74) is 3.12. The van der Waals surface area contributed by atoms with Gasteiger partial charge in [-0.25, -0.2) is 0 Å². The van der Waals surface area contributed by atoms with Crippen molar-refractivity contribution >= 4 is 5.69 Å². The summed E-state index contributed by atoms with van der Waals surface area (Å²) in [6.07, 6.45) is 1.75. The van der Waals surface area contributed by atoms with E-state index in [2.05, 4.69) is 26.1 Å². The van der Waals surface area contributed by atoms with Crippen molar-refractivity contribution in [2.45, 2.75) is 6.92 Å². The zero-order chi connectivity index (χ0) is 18.5. The van der Waals surface area contributed by atoms with E-state index in [9.17, 15) is 5.11 Å². The number of ether oxygens (including phenoxy) is 1. The van der Waals surface area contributed by atoms with Crippen LogP contribution in [0.3, 0.4) is 0 Å². The maximum Gasteiger partial charge on any atom is 0.174 e. The Hall–Kier alpha value is -3.23. The van der Waals surface area contributed by atoms with Gasteiger partial charge in [0.25, 0.3) is 0 Å². The Morgan fingerprint density at radius 1 is 1.23 bits per heavy atom. The topological polar surface area (TPSA) is 112 Å². The molecule has 1 aromatic carbocycles. The van der Waals surface area contributed by atoms with Crippen LogP contribution in [-0.2, 0) is 0 Å². The number of nitriles is 2. The second-order valence-corrected chi connectivity index (χ2v) is 6.13. The quantitative estimate of drug-likeness (QED) is 0.787. The molecule has 1 saturated heterocycles. The minimum absolute atomic E-state index is 0.0668. The van der Waals surface area contributed by atoms with Gasteiger partial charge in [0.05, 0.1) is 30.2 Å². The van der Waals surface area contributed by atoms with E-state index in [4.69, 9.17) is 15.3 Å². The number of aromatic hydroxyl groups is 1. The molecule has 0 saturated carbocycles. The van der Waals surface area contributed by atoms with Gasteiger partial charge in [0.2, 0.25) is 0 Å². The Balaban J connectivity index is 1.84. The largest absolute Gasteiger partial charge is 0.507 e. The lowest BCUT2D eigenvalue weighted by Crippen LogP contribution is -2.46. The minimum atomic E-state index is -0.0676. The van der Waals surface area contributed by atoms with Crippen molar-refractivity contribution in [1.29, 1.82) is 10.5 Å². The number of benzene rings is 1. The molecular formula is C18H20N6O2. The van der Waals surface area contributed by atoms with Crippen molar-refractivity contribution in [1.82, 2.24) is 15.1 Å². The first kappa shape index (κ1) is 17.6. The Morgan fingerprint density at radius 2 is 2.00 bits per heavy atom. The van der Waals surface area contributed by atoms with Gasteiger partial charge in [-0.05, 0) is 18.6 Å². The third-order valence-corrected chi connectivity index (χ3v) is 4.48. The predicted molar refractivity (Wildman–Crippen MR) is 95.8 cm³/mol. The maximum absolute atomic E-state index is 10.4. The van der Waals surface area contributed by atoms with Crippen molar-refractivity contribution in [3.05, 3.63) is 23.9 Å². The van der Waals surface area contributed by atoms with E-state index in [1.165, 1.54) is 6.07 Å². The molecule has 0 spiro atoms. The highest BCUT2D eigenvalue weighted by atomic mass is 16.5. The van der Waals surface area contributed by atoms with Gasteiger partial charge in [-0.2, -0.15) is 15.6 Å². The van der Waals surface area contributed by atoms with Crippen molar-refractivity contribution < 1.29 is 9.84 Å². The number of aromatic nitrogens is 2. The molecule has 134 valence electrons. The zero-order valence-electron chi connectivity index (χ0n) is 14.6. The molecule has 8 nitrogen and oxygen atoms in total. The molecule has 0 radical (unpaired) electrons. The van der Waals surface area contributed by atoms with E-state index in [1.807, 2.05) is 19.1 Å². The van der Waals surface area contributed by atoms with Crippen LogP contribution in [0.15, 0.2) is 18.3 Å². The number of aromatic amines is 1. The Kier molecular flexibility index (Phi) is 5.26. The number of hydrogen-bond acceptors (Lipinski definition) is 7. The van der Waals surface area contributed by atoms with Crippen LogP contribution >= 0.6 is 0 Å². The van der Waals surface area contributed by atoms with E-state index in [0.717, 1.165) is 43.1 Å². The Morgan fingerprint density at radius 3 is 2.69 bits per heavy atom. The summed E-state index contributed by atoms with van der Waals surface area (Å²) in [4.78, 5) is 4.31. The van der Waals surface area contributed by atoms with Gasteiger partial charge in [-0.3, -0.25) is 10.00 Å². The van der Waals surface area contributed by atoms with Gasteiger partial charge in [0, 0.05) is 37.8 Å². The van der Waals surface area contributed by atoms with Crippen LogP contribution in [0.2, 0.25) is 0 Å². The van der Waals surface area contributed by atoms with Gasteiger partial charge < -0.3 is 14.7 Å². The van der Waals surface area contributed by atoms with E-state index >= 15 is 0 Å². The number of anilines is 1. The minimum Gasteiger partial charge on any atom is -0.507 e. The van der Waals surface area contributed by atoms with Crippen LogP contribution in [-0.4, -0.2) is 59.5 Å². The number of nitrogens with zero attached hydrogens (tertiary/aromatic N) is 5. The molecule has 0 atom stereocenters. The fraction of sp³-hybridized carbons (Fsp3) is 0.389. The predicted octanol–water partition coefficient (Wildman–Crippen LogP) is 1.64. The lowest BCUT2D eigenvalue weighted by molar-refractivity contribution is 0.287. The van der Waals surface area contributed by atoms with E-state index < -0.39 is 0 Å². The molecule has 0 aliphatic carbocycles. The average molecular weight is 352 g/mol. The van der Waals surface area contributed by atoms with Gasteiger partial charge in [-0.1, -0.05) is 0 Å². The molecule has 0 unspecified atom stereocenters. The lowest BCUT2D eigenvalue weighted by Gasteiger charge is -2.34. The Labute approximate surface area is 151 Å². The molecule has 8 heteroatoms. The Bertz CT molecular complexity index is 856. The highest BCUT2D eigenvalue weighted by Crippen LogP contribution is 2.38. The summed E-state index contributed by atoms with van der Waals surface area (Å²) < 4.78 is 5.33. The van der Waals surface area contributed by atoms with Crippen LogP contribution in [0.5, 0.6) is 11.5 Å². The first-order valence-corrected chi connectivity index (χ1v) is 8.35. The first-order chi connectivity index (χ1) is 12.6. The summed E-state index contributed by atoms with van der Waals surface area (Å²) in [5.74, 6) is 0.552. The molecule has 2 N–H and O–H groups in total. The molecule has 1 aromatic heterocycles. The summed E-state index contributed by atoms with van der Waals surface area (Å²) in [6, 6.07) is 7.45. The summed E-state index contributed by atoms with van der Waals surface area (Å²) >= 11 is 0. The molecule has 1 aliphatic rings. The lowest BCUT2D eigenvalue weighted by atomic mass is 10.0. The second-order valence-electron chi connectivity index (χ2n) is 6.13. The SMILES string of the molecule is Cc1cc(-c2[nH]ncc2N2CCN(CC#N)CC2)c(O)cc1OCC#N. The van der Waals surface area contributed by atoms with Gasteiger partial charge in [-0.15, -0.1) is 0 Å². The van der Waals surface area contributed by atoms with Crippen LogP contribution in [0.25, 0.3) is 11.3 Å². The monoisotopic (exact) mass is 352 g/mol. The van der Waals surface area contributed by atoms with Gasteiger partial charge in [0.15, 0.2) is 6.61 Å². The third kappa shape index (κ3) is 3.56. The molecule has 1 aliphatic heterocycles. The first-order valence-electron chi connectivity index (χ1n) is 8.35. The fourth-order valence-corrected chi connectivity index (χ4v) is 3.11. The number of H-pyrrole nitrogens is 1. The number of phenolic OH excluding ortho intramolecular Hbond substituents is 1. The fourth-order valence-electron chi connectivity index (χ4n) is 3.11. The molecular weight excluding hydrogens is 332 g/mol. The van der Waals surface area contributed by atoms with Crippen LogP contribution in [0.4, 0.5) is 5.69 Å². The van der Waals surface area contributed by atoms with Crippen LogP contribution in [0, 0.1) is 29.6 Å². The molecule has 3 rings (SSSR count).